The van der Waals surface area contributed by atoms with Crippen LogP contribution in [-0.2, 0) is 20.9 Å². The van der Waals surface area contributed by atoms with Crippen molar-refractivity contribution in [2.45, 2.75) is 67.1 Å². The Bertz CT molecular complexity index is 951. The van der Waals surface area contributed by atoms with Crippen molar-refractivity contribution in [1.82, 2.24) is 0 Å². The summed E-state index contributed by atoms with van der Waals surface area (Å²) in [7, 11) is 0. The Kier molecular flexibility index (Phi) is 8.16. The van der Waals surface area contributed by atoms with Gasteiger partial charge in [-0.25, -0.2) is 0 Å². The topological polar surface area (TPSA) is 44.8 Å². The zero-order valence-corrected chi connectivity index (χ0v) is 23.2. The minimum absolute atomic E-state index is 0.00563. The van der Waals surface area contributed by atoms with Gasteiger partial charge in [-0.3, -0.25) is 0 Å². The van der Waals surface area contributed by atoms with E-state index >= 15 is 0 Å². The van der Waals surface area contributed by atoms with Crippen LogP contribution in [0.4, 0.5) is 0 Å². The lowest BCUT2D eigenvalue weighted by atomic mass is 9.54. The predicted molar refractivity (Wildman–Crippen MR) is 145 cm³/mol. The van der Waals surface area contributed by atoms with E-state index in [1.807, 2.05) is 13.0 Å². The molecule has 4 nitrogen and oxygen atoms in total. The van der Waals surface area contributed by atoms with Crippen molar-refractivity contribution in [3.63, 3.8) is 0 Å². The molecule has 198 valence electrons. The van der Waals surface area contributed by atoms with E-state index in [-0.39, 0.29) is 28.8 Å². The minimum Gasteiger partial charge on any atom is -0.490 e. The maximum Gasteiger partial charge on any atom is 0.124 e. The van der Waals surface area contributed by atoms with Crippen LogP contribution in [0.2, 0.25) is 0 Å². The van der Waals surface area contributed by atoms with Gasteiger partial charge < -0.3 is 19.0 Å². The average molecular weight is 495 g/mol. The number of hydrogen-bond acceptors (Lipinski definition) is 4. The standard InChI is InChI=1S/C32H46O4/c1-8-31(6)18-23(5)28-27(26(31)19-33)30(29-22(4)16-21(3)17-32(28,29)7)36-25-12-10-24(11-13-25)20-35-15-14-34-9-2/h8,10-13,18-19,21-22,26-30H,1,9,14-17,20H2,2-7H3/t21-,22+,26-,27-,28-,29+,30+,31+,32+/m1/s1. The van der Waals surface area contributed by atoms with Crippen LogP contribution in [0.25, 0.3) is 0 Å². The maximum absolute atomic E-state index is 12.7. The van der Waals surface area contributed by atoms with Crippen LogP contribution in [0.3, 0.4) is 0 Å². The molecule has 1 aromatic rings. The number of benzene rings is 1. The molecular weight excluding hydrogens is 448 g/mol. The van der Waals surface area contributed by atoms with E-state index in [0.29, 0.717) is 50.1 Å². The molecule has 0 amide bonds. The van der Waals surface area contributed by atoms with Crippen LogP contribution in [0, 0.1) is 46.3 Å². The van der Waals surface area contributed by atoms with Crippen molar-refractivity contribution in [1.29, 1.82) is 0 Å². The zero-order valence-electron chi connectivity index (χ0n) is 23.2. The monoisotopic (exact) mass is 494 g/mol. The maximum atomic E-state index is 12.7. The van der Waals surface area contributed by atoms with Gasteiger partial charge in [0.1, 0.15) is 18.1 Å². The summed E-state index contributed by atoms with van der Waals surface area (Å²) in [5, 5.41) is 0. The minimum atomic E-state index is -0.351. The Hall–Kier alpha value is -1.91. The molecule has 0 unspecified atom stereocenters. The van der Waals surface area contributed by atoms with Gasteiger partial charge in [0.25, 0.3) is 0 Å². The van der Waals surface area contributed by atoms with Crippen molar-refractivity contribution in [2.75, 3.05) is 19.8 Å². The fourth-order valence-electron chi connectivity index (χ4n) is 8.49. The number of aldehydes is 1. The number of carbonyl (C=O) groups is 1. The summed E-state index contributed by atoms with van der Waals surface area (Å²) in [5.74, 6) is 2.85. The highest BCUT2D eigenvalue weighted by Gasteiger charge is 2.66. The largest absolute Gasteiger partial charge is 0.490 e. The van der Waals surface area contributed by atoms with Crippen molar-refractivity contribution >= 4 is 6.29 Å². The van der Waals surface area contributed by atoms with Crippen molar-refractivity contribution in [3.8, 4) is 5.75 Å². The van der Waals surface area contributed by atoms with Crippen molar-refractivity contribution < 1.29 is 19.0 Å². The Labute approximate surface area is 218 Å². The summed E-state index contributed by atoms with van der Waals surface area (Å²) in [6.07, 6.45) is 7.88. The van der Waals surface area contributed by atoms with E-state index in [1.165, 1.54) is 24.7 Å². The van der Waals surface area contributed by atoms with E-state index in [4.69, 9.17) is 14.2 Å². The number of rotatable bonds is 10. The third-order valence-electron chi connectivity index (χ3n) is 9.55. The Morgan fingerprint density at radius 2 is 1.81 bits per heavy atom. The van der Waals surface area contributed by atoms with E-state index in [1.54, 1.807) is 0 Å². The van der Waals surface area contributed by atoms with Crippen LogP contribution < -0.4 is 4.74 Å². The molecule has 0 heterocycles. The molecule has 4 rings (SSSR count). The van der Waals surface area contributed by atoms with Crippen LogP contribution in [0.15, 0.2) is 48.6 Å². The lowest BCUT2D eigenvalue weighted by Gasteiger charge is -2.49. The second-order valence-corrected chi connectivity index (χ2v) is 12.2. The van der Waals surface area contributed by atoms with Gasteiger partial charge in [0.15, 0.2) is 0 Å². The highest BCUT2D eigenvalue weighted by Crippen LogP contribution is 2.67. The van der Waals surface area contributed by atoms with Gasteiger partial charge in [-0.1, -0.05) is 57.6 Å². The summed E-state index contributed by atoms with van der Waals surface area (Å²) in [5.41, 5.74) is 2.29. The molecule has 3 aliphatic carbocycles. The molecule has 3 aliphatic rings. The second-order valence-electron chi connectivity index (χ2n) is 12.2. The molecule has 1 aromatic carbocycles. The molecule has 4 heteroatoms. The Morgan fingerprint density at radius 3 is 2.44 bits per heavy atom. The molecule has 0 spiro atoms. The first-order valence-corrected chi connectivity index (χ1v) is 13.9. The number of carbonyl (C=O) groups excluding carboxylic acids is 1. The quantitative estimate of drug-likeness (QED) is 0.202. The molecule has 9 atom stereocenters. The first kappa shape index (κ1) is 27.1. The Balaban J connectivity index is 1.63. The molecule has 2 saturated carbocycles. The van der Waals surface area contributed by atoms with Crippen LogP contribution in [0.5, 0.6) is 5.75 Å². The molecular formula is C32H46O4. The number of allylic oxidation sites excluding steroid dienone is 3. The SMILES string of the molecule is C=C[C@@]1(C)C=C(C)[C@@H]2[C@H]([C@H](Oc3ccc(COCCOCC)cc3)[C@@H]3[C@@H](C)C[C@@H](C)C[C@]32C)[C@H]1C=O. The van der Waals surface area contributed by atoms with E-state index in [0.717, 1.165) is 11.3 Å². The van der Waals surface area contributed by atoms with E-state index in [9.17, 15) is 4.79 Å². The number of fused-ring (bicyclic) bond motifs is 3. The number of hydrogen-bond donors (Lipinski definition) is 0. The second kappa shape index (κ2) is 10.8. The number of ether oxygens (including phenoxy) is 3. The summed E-state index contributed by atoms with van der Waals surface area (Å²) < 4.78 is 18.0. The van der Waals surface area contributed by atoms with Gasteiger partial charge >= 0.3 is 0 Å². The first-order valence-electron chi connectivity index (χ1n) is 13.9. The van der Waals surface area contributed by atoms with Gasteiger partial charge in [0.2, 0.25) is 0 Å². The average Bonchev–Trinajstić information content (AvgIpc) is 3.08. The van der Waals surface area contributed by atoms with Gasteiger partial charge in [0, 0.05) is 29.8 Å². The summed E-state index contributed by atoms with van der Waals surface area (Å²) in [6, 6.07) is 8.31. The molecule has 0 bridgehead atoms. The predicted octanol–water partition coefficient (Wildman–Crippen LogP) is 6.89. The third kappa shape index (κ3) is 4.84. The van der Waals surface area contributed by atoms with Gasteiger partial charge in [-0.05, 0) is 67.6 Å². The lowest BCUT2D eigenvalue weighted by Crippen LogP contribution is -2.45. The third-order valence-corrected chi connectivity index (χ3v) is 9.55. The van der Waals surface area contributed by atoms with Gasteiger partial charge in [0.05, 0.1) is 19.8 Å². The van der Waals surface area contributed by atoms with Crippen LogP contribution >= 0.6 is 0 Å². The van der Waals surface area contributed by atoms with Crippen molar-refractivity contribution in [3.05, 3.63) is 54.1 Å². The lowest BCUT2D eigenvalue weighted by molar-refractivity contribution is -0.117. The molecule has 0 aliphatic heterocycles. The molecule has 0 N–H and O–H groups in total. The van der Waals surface area contributed by atoms with Crippen LogP contribution in [0.1, 0.15) is 59.9 Å². The van der Waals surface area contributed by atoms with Gasteiger partial charge in [-0.15, -0.1) is 6.58 Å². The summed E-state index contributed by atoms with van der Waals surface area (Å²) in [6.45, 7) is 20.3. The molecule has 0 aromatic heterocycles. The fourth-order valence-corrected chi connectivity index (χ4v) is 8.49. The highest BCUT2D eigenvalue weighted by molar-refractivity contribution is 5.60. The highest BCUT2D eigenvalue weighted by atomic mass is 16.5. The summed E-state index contributed by atoms with van der Waals surface area (Å²) in [4.78, 5) is 12.7. The molecule has 0 saturated heterocycles. The van der Waals surface area contributed by atoms with Gasteiger partial charge in [-0.2, -0.15) is 0 Å². The molecule has 2 fully saturated rings. The summed E-state index contributed by atoms with van der Waals surface area (Å²) >= 11 is 0. The smallest absolute Gasteiger partial charge is 0.124 e. The van der Waals surface area contributed by atoms with Crippen molar-refractivity contribution in [2.24, 2.45) is 46.3 Å². The fraction of sp³-hybridized carbons (Fsp3) is 0.656. The first-order chi connectivity index (χ1) is 17.2. The molecule has 36 heavy (non-hydrogen) atoms. The Morgan fingerprint density at radius 1 is 1.11 bits per heavy atom. The van der Waals surface area contributed by atoms with E-state index in [2.05, 4.69) is 71.5 Å². The zero-order chi connectivity index (χ0) is 26.1. The van der Waals surface area contributed by atoms with E-state index < -0.39 is 0 Å². The van der Waals surface area contributed by atoms with Crippen LogP contribution in [-0.4, -0.2) is 32.2 Å². The normalized spacial score (nSPS) is 39.6. The molecule has 0 radical (unpaired) electrons.